The van der Waals surface area contributed by atoms with E-state index < -0.39 is 0 Å². The third kappa shape index (κ3) is 3.33. The molecule has 0 saturated carbocycles. The molecule has 0 atom stereocenters. The van der Waals surface area contributed by atoms with Crippen LogP contribution in [0.25, 0.3) is 0 Å². The van der Waals surface area contributed by atoms with Crippen molar-refractivity contribution in [2.75, 3.05) is 14.1 Å². The molecule has 0 rings (SSSR count). The van der Waals surface area contributed by atoms with Crippen LogP contribution in [0.3, 0.4) is 0 Å². The van der Waals surface area contributed by atoms with Gasteiger partial charge in [-0.05, 0) is 0 Å². The Balaban J connectivity index is 4.13. The van der Waals surface area contributed by atoms with Crippen LogP contribution in [0.1, 0.15) is 0 Å². The van der Waals surface area contributed by atoms with Crippen molar-refractivity contribution in [2.45, 2.75) is 0 Å². The molecule has 0 unspecified atom stereocenters. The van der Waals surface area contributed by atoms with Crippen molar-refractivity contribution in [1.82, 2.24) is 4.90 Å². The molecule has 49 valence electrons. The first-order chi connectivity index (χ1) is 4.22. The molecule has 0 aliphatic carbocycles. The second-order valence-electron chi connectivity index (χ2n) is 1.84. The molecule has 0 heterocycles. The van der Waals surface area contributed by atoms with Crippen molar-refractivity contribution in [2.24, 2.45) is 0 Å². The summed E-state index contributed by atoms with van der Waals surface area (Å²) in [7, 11) is 3.98. The van der Waals surface area contributed by atoms with Gasteiger partial charge in [0.2, 0.25) is 0 Å². The third-order valence-electron chi connectivity index (χ3n) is 0.971. The number of allylic oxidation sites excluding steroid dienone is 2. The van der Waals surface area contributed by atoms with Gasteiger partial charge >= 0.3 is 65.1 Å². The Hall–Kier alpha value is -0.266. The van der Waals surface area contributed by atoms with E-state index in [2.05, 4.69) is 23.6 Å². The zero-order valence-electron chi connectivity index (χ0n) is 5.83. The fourth-order valence-corrected chi connectivity index (χ4v) is 0.715. The first-order valence-corrected chi connectivity index (χ1v) is 3.50. The van der Waals surface area contributed by atoms with Crippen LogP contribution < -0.4 is 0 Å². The number of likely N-dealkylation sites (N-methyl/N-ethyl adjacent to an activating group) is 1. The van der Waals surface area contributed by atoms with Crippen LogP contribution in [-0.2, 0) is 17.0 Å². The van der Waals surface area contributed by atoms with Crippen LogP contribution in [-0.4, -0.2) is 23.7 Å². The van der Waals surface area contributed by atoms with E-state index in [1.807, 2.05) is 35.9 Å². The summed E-state index contributed by atoms with van der Waals surface area (Å²) in [5.74, 6) is 0. The van der Waals surface area contributed by atoms with E-state index in [0.29, 0.717) is 0 Å². The second kappa shape index (κ2) is 4.60. The van der Waals surface area contributed by atoms with Gasteiger partial charge in [0.15, 0.2) is 0 Å². The van der Waals surface area contributed by atoms with Gasteiger partial charge in [-0.1, -0.05) is 0 Å². The summed E-state index contributed by atoms with van der Waals surface area (Å²) in [5.41, 5.74) is 1.12. The molecule has 0 fully saturated rings. The van der Waals surface area contributed by atoms with Gasteiger partial charge in [-0.15, -0.1) is 0 Å². The maximum absolute atomic E-state index is 3.66. The number of rotatable bonds is 3. The van der Waals surface area contributed by atoms with E-state index in [9.17, 15) is 0 Å². The molecule has 0 aliphatic heterocycles. The van der Waals surface area contributed by atoms with E-state index in [4.69, 9.17) is 0 Å². The van der Waals surface area contributed by atoms with E-state index in [-0.39, 0.29) is 0 Å². The Morgan fingerprint density at radius 3 is 2.22 bits per heavy atom. The standard InChI is InChI=1S/C7H11N.V/c1-5-7(6-2)8(3)4;/h1,5-6H,2H2,3-4H3;. The molecule has 0 aromatic heterocycles. The van der Waals surface area contributed by atoms with Crippen molar-refractivity contribution >= 4 is 4.73 Å². The van der Waals surface area contributed by atoms with Crippen molar-refractivity contribution in [3.8, 4) is 0 Å². The van der Waals surface area contributed by atoms with Crippen LogP contribution in [0, 0.1) is 0 Å². The van der Waals surface area contributed by atoms with Gasteiger partial charge in [-0.25, -0.2) is 0 Å². The van der Waals surface area contributed by atoms with Crippen LogP contribution in [0.5, 0.6) is 0 Å². The maximum atomic E-state index is 3.66. The summed E-state index contributed by atoms with van der Waals surface area (Å²) in [6.07, 6.45) is 3.82. The molecule has 0 aliphatic rings. The van der Waals surface area contributed by atoms with Crippen LogP contribution in [0.4, 0.5) is 0 Å². The minimum absolute atomic E-state index is 1.12. The van der Waals surface area contributed by atoms with Crippen molar-refractivity contribution in [3.05, 3.63) is 24.4 Å². The van der Waals surface area contributed by atoms with Gasteiger partial charge < -0.3 is 0 Å². The molecular weight excluding hydrogens is 149 g/mol. The average Bonchev–Trinajstić information content (AvgIpc) is 1.82. The molecule has 1 nitrogen and oxygen atoms in total. The van der Waals surface area contributed by atoms with Crippen molar-refractivity contribution in [1.29, 1.82) is 0 Å². The molecule has 9 heavy (non-hydrogen) atoms. The normalized spacial score (nSPS) is 10.6. The number of hydrogen-bond acceptors (Lipinski definition) is 1. The predicted molar refractivity (Wildman–Crippen MR) is 38.0 cm³/mol. The van der Waals surface area contributed by atoms with Gasteiger partial charge in [0.25, 0.3) is 0 Å². The molecule has 0 spiro atoms. The topological polar surface area (TPSA) is 3.24 Å². The summed E-state index contributed by atoms with van der Waals surface area (Å²) in [6.45, 7) is 3.66. The van der Waals surface area contributed by atoms with E-state index in [1.165, 1.54) is 0 Å². The van der Waals surface area contributed by atoms with Crippen LogP contribution in [0.15, 0.2) is 24.4 Å². The quantitative estimate of drug-likeness (QED) is 0.556. The molecule has 0 aromatic carbocycles. The van der Waals surface area contributed by atoms with Crippen molar-refractivity contribution < 1.29 is 17.0 Å². The molecular formula is C7H11NV. The van der Waals surface area contributed by atoms with Gasteiger partial charge in [-0.2, -0.15) is 0 Å². The zero-order valence-corrected chi connectivity index (χ0v) is 7.23. The van der Waals surface area contributed by atoms with Gasteiger partial charge in [0, 0.05) is 0 Å². The summed E-state index contributed by atoms with van der Waals surface area (Å²) >= 11 is 2.39. The monoisotopic (exact) mass is 160 g/mol. The Kier molecular flexibility index (Phi) is 4.46. The van der Waals surface area contributed by atoms with Gasteiger partial charge in [0.05, 0.1) is 0 Å². The van der Waals surface area contributed by atoms with Crippen molar-refractivity contribution in [3.63, 3.8) is 0 Å². The molecule has 0 bridgehead atoms. The summed E-state index contributed by atoms with van der Waals surface area (Å²) in [6, 6.07) is 0. The Morgan fingerprint density at radius 2 is 2.11 bits per heavy atom. The average molecular weight is 160 g/mol. The third-order valence-corrected chi connectivity index (χ3v) is 1.20. The molecule has 0 radical (unpaired) electrons. The van der Waals surface area contributed by atoms with E-state index >= 15 is 0 Å². The van der Waals surface area contributed by atoms with Gasteiger partial charge in [0.1, 0.15) is 0 Å². The van der Waals surface area contributed by atoms with Crippen LogP contribution >= 0.6 is 0 Å². The first-order valence-electron chi connectivity index (χ1n) is 2.70. The van der Waals surface area contributed by atoms with Crippen LogP contribution in [0.2, 0.25) is 0 Å². The van der Waals surface area contributed by atoms with E-state index in [1.54, 1.807) is 0 Å². The number of hydrogen-bond donors (Lipinski definition) is 0. The second-order valence-corrected chi connectivity index (χ2v) is 2.30. The molecule has 0 amide bonds. The first kappa shape index (κ1) is 8.73. The summed E-state index contributed by atoms with van der Waals surface area (Å²) in [5, 5.41) is 0. The van der Waals surface area contributed by atoms with Gasteiger partial charge in [-0.3, -0.25) is 0 Å². The summed E-state index contributed by atoms with van der Waals surface area (Å²) in [4.78, 5) is 2.01. The predicted octanol–water partition coefficient (Wildman–Crippen LogP) is 0.967. The molecule has 2 heteroatoms. The fraction of sp³-hybridized carbons (Fsp3) is 0.286. The SMILES string of the molecule is C=CC(=C[CH]=[V])N(C)C. The van der Waals surface area contributed by atoms with E-state index in [0.717, 1.165) is 5.70 Å². The fourth-order valence-electron chi connectivity index (χ4n) is 0.476. The molecule has 0 saturated heterocycles. The number of nitrogens with zero attached hydrogens (tertiary/aromatic N) is 1. The minimum atomic E-state index is 1.12. The summed E-state index contributed by atoms with van der Waals surface area (Å²) < 4.78 is 1.93. The Morgan fingerprint density at radius 1 is 1.56 bits per heavy atom. The Bertz CT molecular complexity index is 136. The molecule has 0 N–H and O–H groups in total. The zero-order chi connectivity index (χ0) is 7.28. The Labute approximate surface area is 65.5 Å². The molecule has 0 aromatic rings.